The fourth-order valence-corrected chi connectivity index (χ4v) is 2.77. The summed E-state index contributed by atoms with van der Waals surface area (Å²) in [6.45, 7) is 2.75. The summed E-state index contributed by atoms with van der Waals surface area (Å²) in [4.78, 5) is 28.7. The minimum Gasteiger partial charge on any atom is -0.368 e. The predicted molar refractivity (Wildman–Crippen MR) is 89.9 cm³/mol. The van der Waals surface area contributed by atoms with Crippen LogP contribution in [0.2, 0.25) is 0 Å². The van der Waals surface area contributed by atoms with Gasteiger partial charge in [-0.1, -0.05) is 23.4 Å². The van der Waals surface area contributed by atoms with Gasteiger partial charge in [0, 0.05) is 44.3 Å². The van der Waals surface area contributed by atoms with Crippen LogP contribution >= 0.6 is 0 Å². The van der Waals surface area contributed by atoms with Gasteiger partial charge in [-0.15, -0.1) is 0 Å². The molecule has 4 rings (SSSR count). The van der Waals surface area contributed by atoms with Crippen LogP contribution < -0.4 is 4.90 Å². The van der Waals surface area contributed by atoms with Crippen LogP contribution in [0.15, 0.2) is 53.4 Å². The zero-order chi connectivity index (χ0) is 17.1. The second-order valence-electron chi connectivity index (χ2n) is 5.63. The molecule has 0 bridgehead atoms. The van der Waals surface area contributed by atoms with Crippen molar-refractivity contribution in [1.82, 2.24) is 25.0 Å². The fourth-order valence-electron chi connectivity index (χ4n) is 2.77. The summed E-state index contributed by atoms with van der Waals surface area (Å²) in [6, 6.07) is 10.2. The Hall–Kier alpha value is -3.29. The monoisotopic (exact) mass is 336 g/mol. The first kappa shape index (κ1) is 15.3. The fraction of sp³-hybridized carbons (Fsp3) is 0.235. The highest BCUT2D eigenvalue weighted by Crippen LogP contribution is 2.17. The van der Waals surface area contributed by atoms with E-state index in [2.05, 4.69) is 37.1 Å². The third kappa shape index (κ3) is 3.18. The number of hydrogen-bond donors (Lipinski definition) is 0. The van der Waals surface area contributed by atoms with Crippen LogP contribution in [0.1, 0.15) is 10.7 Å². The highest BCUT2D eigenvalue weighted by molar-refractivity contribution is 5.90. The van der Waals surface area contributed by atoms with Gasteiger partial charge < -0.3 is 14.3 Å². The molecule has 1 aliphatic heterocycles. The van der Waals surface area contributed by atoms with Crippen molar-refractivity contribution in [3.63, 3.8) is 0 Å². The van der Waals surface area contributed by atoms with E-state index >= 15 is 0 Å². The van der Waals surface area contributed by atoms with E-state index in [1.165, 1.54) is 12.4 Å². The van der Waals surface area contributed by atoms with E-state index in [1.807, 2.05) is 18.2 Å². The van der Waals surface area contributed by atoms with Crippen LogP contribution in [0.3, 0.4) is 0 Å². The number of para-hydroxylation sites is 1. The van der Waals surface area contributed by atoms with Crippen molar-refractivity contribution >= 4 is 11.6 Å². The molecule has 0 saturated carbocycles. The first-order valence-corrected chi connectivity index (χ1v) is 8.00. The van der Waals surface area contributed by atoms with Gasteiger partial charge in [-0.05, 0) is 12.1 Å². The summed E-state index contributed by atoms with van der Waals surface area (Å²) in [5.41, 5.74) is 1.64. The molecule has 0 radical (unpaired) electrons. The lowest BCUT2D eigenvalue weighted by Gasteiger charge is -2.35. The van der Waals surface area contributed by atoms with E-state index in [9.17, 15) is 4.79 Å². The molecule has 3 aromatic rings. The Morgan fingerprint density at radius 2 is 1.84 bits per heavy atom. The largest absolute Gasteiger partial charge is 0.368 e. The van der Waals surface area contributed by atoms with E-state index in [4.69, 9.17) is 4.52 Å². The molecule has 1 aliphatic rings. The van der Waals surface area contributed by atoms with E-state index in [1.54, 1.807) is 11.1 Å². The smallest absolute Gasteiger partial charge is 0.316 e. The van der Waals surface area contributed by atoms with Crippen LogP contribution in [0.4, 0.5) is 5.69 Å². The number of hydrogen-bond acceptors (Lipinski definition) is 7. The van der Waals surface area contributed by atoms with Gasteiger partial charge in [-0.25, -0.2) is 4.98 Å². The Kier molecular flexibility index (Phi) is 4.07. The number of nitrogens with zero attached hydrogens (tertiary/aromatic N) is 6. The Morgan fingerprint density at radius 3 is 2.56 bits per heavy atom. The molecular weight excluding hydrogens is 320 g/mol. The molecule has 0 unspecified atom stereocenters. The van der Waals surface area contributed by atoms with Crippen molar-refractivity contribution in [2.24, 2.45) is 0 Å². The summed E-state index contributed by atoms with van der Waals surface area (Å²) in [7, 11) is 0. The van der Waals surface area contributed by atoms with E-state index in [-0.39, 0.29) is 17.6 Å². The molecule has 1 saturated heterocycles. The van der Waals surface area contributed by atoms with Crippen LogP contribution in [0.5, 0.6) is 0 Å². The summed E-state index contributed by atoms with van der Waals surface area (Å²) in [5.74, 6) is -0.0106. The third-order valence-electron chi connectivity index (χ3n) is 4.09. The Balaban J connectivity index is 1.42. The molecule has 8 heteroatoms. The van der Waals surface area contributed by atoms with Crippen molar-refractivity contribution in [3.8, 4) is 11.5 Å². The Morgan fingerprint density at radius 1 is 1.04 bits per heavy atom. The molecular formula is C17H16N6O2. The molecule has 1 amide bonds. The molecule has 0 spiro atoms. The number of piperazine rings is 1. The average molecular weight is 336 g/mol. The van der Waals surface area contributed by atoms with E-state index < -0.39 is 0 Å². The SMILES string of the molecule is O=C(c1nc(-c2cnccn2)no1)N1CCN(c2ccccc2)CC1. The zero-order valence-electron chi connectivity index (χ0n) is 13.4. The molecule has 2 aromatic heterocycles. The molecule has 8 nitrogen and oxygen atoms in total. The van der Waals surface area contributed by atoms with Crippen LogP contribution in [0.25, 0.3) is 11.5 Å². The number of benzene rings is 1. The first-order valence-electron chi connectivity index (χ1n) is 8.00. The molecule has 0 N–H and O–H groups in total. The molecule has 3 heterocycles. The van der Waals surface area contributed by atoms with Crippen LogP contribution in [0, 0.1) is 0 Å². The van der Waals surface area contributed by atoms with Gasteiger partial charge in [0.05, 0.1) is 6.20 Å². The highest BCUT2D eigenvalue weighted by atomic mass is 16.5. The van der Waals surface area contributed by atoms with Crippen molar-refractivity contribution < 1.29 is 9.32 Å². The lowest BCUT2D eigenvalue weighted by atomic mass is 10.2. The Labute approximate surface area is 144 Å². The van der Waals surface area contributed by atoms with Crippen molar-refractivity contribution in [1.29, 1.82) is 0 Å². The normalized spacial score (nSPS) is 14.6. The molecule has 126 valence electrons. The number of amides is 1. The first-order chi connectivity index (χ1) is 12.3. The van der Waals surface area contributed by atoms with Crippen molar-refractivity contribution in [2.45, 2.75) is 0 Å². The minimum atomic E-state index is -0.254. The predicted octanol–water partition coefficient (Wildman–Crippen LogP) is 1.49. The van der Waals surface area contributed by atoms with E-state index in [0.717, 1.165) is 18.8 Å². The number of carbonyl (C=O) groups is 1. The maximum atomic E-state index is 12.6. The molecule has 0 atom stereocenters. The molecule has 1 aromatic carbocycles. The van der Waals surface area contributed by atoms with Gasteiger partial charge in [0.1, 0.15) is 5.69 Å². The van der Waals surface area contributed by atoms with Gasteiger partial charge in [-0.2, -0.15) is 4.98 Å². The van der Waals surface area contributed by atoms with Crippen LogP contribution in [-0.4, -0.2) is 57.1 Å². The second kappa shape index (κ2) is 6.68. The lowest BCUT2D eigenvalue weighted by Crippen LogP contribution is -2.48. The summed E-state index contributed by atoms with van der Waals surface area (Å²) >= 11 is 0. The number of anilines is 1. The average Bonchev–Trinajstić information content (AvgIpc) is 3.19. The standard InChI is InChI=1S/C17H16N6O2/c24-17(16-20-15(21-25-16)14-12-18-6-7-19-14)23-10-8-22(9-11-23)13-4-2-1-3-5-13/h1-7,12H,8-11H2. The summed E-state index contributed by atoms with van der Waals surface area (Å²) < 4.78 is 5.11. The minimum absolute atomic E-state index is 0.0196. The van der Waals surface area contributed by atoms with Gasteiger partial charge in [0.2, 0.25) is 5.82 Å². The molecule has 25 heavy (non-hydrogen) atoms. The van der Waals surface area contributed by atoms with Gasteiger partial charge in [-0.3, -0.25) is 9.78 Å². The maximum Gasteiger partial charge on any atom is 0.316 e. The van der Waals surface area contributed by atoms with Crippen molar-refractivity contribution in [2.75, 3.05) is 31.1 Å². The maximum absolute atomic E-state index is 12.6. The molecule has 1 fully saturated rings. The highest BCUT2D eigenvalue weighted by Gasteiger charge is 2.26. The lowest BCUT2D eigenvalue weighted by molar-refractivity contribution is 0.0696. The van der Waals surface area contributed by atoms with Crippen molar-refractivity contribution in [3.05, 3.63) is 54.8 Å². The third-order valence-corrected chi connectivity index (χ3v) is 4.09. The van der Waals surface area contributed by atoms with Crippen LogP contribution in [-0.2, 0) is 0 Å². The summed E-state index contributed by atoms with van der Waals surface area (Å²) in [5, 5.41) is 3.82. The van der Waals surface area contributed by atoms with Gasteiger partial charge in [0.25, 0.3) is 0 Å². The quantitative estimate of drug-likeness (QED) is 0.716. The van der Waals surface area contributed by atoms with E-state index in [0.29, 0.717) is 18.8 Å². The molecule has 0 aliphatic carbocycles. The van der Waals surface area contributed by atoms with Gasteiger partial charge in [0.15, 0.2) is 0 Å². The second-order valence-corrected chi connectivity index (χ2v) is 5.63. The summed E-state index contributed by atoms with van der Waals surface area (Å²) in [6.07, 6.45) is 4.62. The number of rotatable bonds is 3. The zero-order valence-corrected chi connectivity index (χ0v) is 13.4. The number of carbonyl (C=O) groups excluding carboxylic acids is 1. The van der Waals surface area contributed by atoms with Gasteiger partial charge >= 0.3 is 11.8 Å². The Bertz CT molecular complexity index is 844. The number of aromatic nitrogens is 4. The topological polar surface area (TPSA) is 88.2 Å².